The van der Waals surface area contributed by atoms with Crippen molar-refractivity contribution in [2.75, 3.05) is 13.2 Å². The second-order valence-corrected chi connectivity index (χ2v) is 6.15. The van der Waals surface area contributed by atoms with Crippen LogP contribution in [0.2, 0.25) is 5.02 Å². The van der Waals surface area contributed by atoms with E-state index in [2.05, 4.69) is 24.4 Å². The largest absolute Gasteiger partial charge is 0.493 e. The number of urea groups is 1. The van der Waals surface area contributed by atoms with E-state index in [0.717, 1.165) is 5.75 Å². The summed E-state index contributed by atoms with van der Waals surface area (Å²) in [5.41, 5.74) is 10.2. The van der Waals surface area contributed by atoms with Crippen molar-refractivity contribution in [3.05, 3.63) is 58.1 Å². The number of hydrogen-bond donors (Lipinski definition) is 2. The van der Waals surface area contributed by atoms with Crippen LogP contribution in [0.5, 0.6) is 11.5 Å². The molecule has 0 unspecified atom stereocenters. The Hall–Kier alpha value is -2.73. The summed E-state index contributed by atoms with van der Waals surface area (Å²) in [5.74, 6) is 1.46. The molecule has 0 saturated heterocycles. The van der Waals surface area contributed by atoms with Crippen molar-refractivity contribution < 1.29 is 14.3 Å². The van der Waals surface area contributed by atoms with Crippen molar-refractivity contribution >= 4 is 23.8 Å². The molecule has 2 rings (SSSR count). The number of amides is 2. The summed E-state index contributed by atoms with van der Waals surface area (Å²) in [6.07, 6.45) is 2.14. The first-order valence-corrected chi connectivity index (χ1v) is 8.54. The summed E-state index contributed by atoms with van der Waals surface area (Å²) in [5, 5.41) is 4.27. The second kappa shape index (κ2) is 9.68. The minimum atomic E-state index is -0.741. The minimum Gasteiger partial charge on any atom is -0.493 e. The number of ether oxygens (including phenoxy) is 2. The predicted molar refractivity (Wildman–Crippen MR) is 103 cm³/mol. The van der Waals surface area contributed by atoms with Gasteiger partial charge in [-0.2, -0.15) is 5.10 Å². The monoisotopic (exact) mass is 375 g/mol. The molecular weight excluding hydrogens is 354 g/mol. The number of primary amides is 1. The third-order valence-electron chi connectivity index (χ3n) is 3.64. The lowest BCUT2D eigenvalue weighted by Gasteiger charge is -2.11. The predicted octanol–water partition coefficient (Wildman–Crippen LogP) is 3.81. The van der Waals surface area contributed by atoms with Gasteiger partial charge in [-0.15, -0.1) is 0 Å². The third kappa shape index (κ3) is 6.29. The number of aryl methyl sites for hydroxylation is 2. The van der Waals surface area contributed by atoms with Crippen molar-refractivity contribution in [1.29, 1.82) is 0 Å². The number of halogens is 1. The molecule has 6 nitrogen and oxygen atoms in total. The SMILES string of the molecule is Cc1ccc(OCCCOc2ccc(Cl)cc2/C=N/NC(N)=O)cc1C. The van der Waals surface area contributed by atoms with Gasteiger partial charge in [-0.3, -0.25) is 0 Å². The van der Waals surface area contributed by atoms with Gasteiger partial charge in [0.1, 0.15) is 11.5 Å². The van der Waals surface area contributed by atoms with Gasteiger partial charge in [0.25, 0.3) is 0 Å². The lowest BCUT2D eigenvalue weighted by molar-refractivity contribution is 0.247. The van der Waals surface area contributed by atoms with Crippen molar-refractivity contribution in [1.82, 2.24) is 5.43 Å². The molecule has 0 aliphatic heterocycles. The summed E-state index contributed by atoms with van der Waals surface area (Å²) in [7, 11) is 0. The molecule has 0 aliphatic carbocycles. The molecule has 26 heavy (non-hydrogen) atoms. The molecule has 2 aromatic rings. The molecule has 3 N–H and O–H groups in total. The summed E-state index contributed by atoms with van der Waals surface area (Å²) in [6, 6.07) is 10.4. The summed E-state index contributed by atoms with van der Waals surface area (Å²) in [6.45, 7) is 5.14. The van der Waals surface area contributed by atoms with E-state index in [-0.39, 0.29) is 0 Å². The van der Waals surface area contributed by atoms with Crippen LogP contribution in [-0.4, -0.2) is 25.5 Å². The molecule has 138 valence electrons. The topological polar surface area (TPSA) is 85.9 Å². The van der Waals surface area contributed by atoms with Gasteiger partial charge in [0.2, 0.25) is 0 Å². The maximum absolute atomic E-state index is 10.7. The van der Waals surface area contributed by atoms with Crippen LogP contribution in [0.15, 0.2) is 41.5 Å². The number of carbonyl (C=O) groups excluding carboxylic acids is 1. The number of nitrogens with zero attached hydrogens (tertiary/aromatic N) is 1. The van der Waals surface area contributed by atoms with E-state index in [9.17, 15) is 4.79 Å². The Balaban J connectivity index is 1.84. The van der Waals surface area contributed by atoms with Crippen molar-refractivity contribution in [2.45, 2.75) is 20.3 Å². The highest BCUT2D eigenvalue weighted by Crippen LogP contribution is 2.22. The summed E-state index contributed by atoms with van der Waals surface area (Å²) in [4.78, 5) is 10.7. The number of benzene rings is 2. The Bertz CT molecular complexity index is 794. The van der Waals surface area contributed by atoms with Crippen molar-refractivity contribution in [3.8, 4) is 11.5 Å². The molecule has 0 aliphatic rings. The van der Waals surface area contributed by atoms with E-state index in [1.807, 2.05) is 18.2 Å². The van der Waals surface area contributed by atoms with Gasteiger partial charge in [0.05, 0.1) is 19.4 Å². The minimum absolute atomic E-state index is 0.469. The van der Waals surface area contributed by atoms with Crippen LogP contribution in [-0.2, 0) is 0 Å². The fourth-order valence-corrected chi connectivity index (χ4v) is 2.33. The lowest BCUT2D eigenvalue weighted by Crippen LogP contribution is -2.24. The Morgan fingerprint density at radius 1 is 1.15 bits per heavy atom. The van der Waals surface area contributed by atoms with Crippen LogP contribution in [0.25, 0.3) is 0 Å². The molecule has 0 spiro atoms. The van der Waals surface area contributed by atoms with Crippen LogP contribution in [0, 0.1) is 13.8 Å². The number of hydrazone groups is 1. The van der Waals surface area contributed by atoms with Gasteiger partial charge in [-0.05, 0) is 55.3 Å². The van der Waals surface area contributed by atoms with Gasteiger partial charge >= 0.3 is 6.03 Å². The molecule has 7 heteroatoms. The van der Waals surface area contributed by atoms with E-state index >= 15 is 0 Å². The number of hydrogen-bond acceptors (Lipinski definition) is 4. The zero-order chi connectivity index (χ0) is 18.9. The molecule has 0 atom stereocenters. The van der Waals surface area contributed by atoms with E-state index in [1.165, 1.54) is 17.3 Å². The zero-order valence-electron chi connectivity index (χ0n) is 14.8. The fourth-order valence-electron chi connectivity index (χ4n) is 2.15. The summed E-state index contributed by atoms with van der Waals surface area (Å²) >= 11 is 5.98. The molecule has 0 fully saturated rings. The van der Waals surface area contributed by atoms with E-state index in [0.29, 0.717) is 36.0 Å². The Morgan fingerprint density at radius 3 is 2.65 bits per heavy atom. The third-order valence-corrected chi connectivity index (χ3v) is 3.88. The lowest BCUT2D eigenvalue weighted by atomic mass is 10.1. The first-order chi connectivity index (χ1) is 12.5. The van der Waals surface area contributed by atoms with Crippen LogP contribution in [0.4, 0.5) is 4.79 Å². The number of nitrogens with one attached hydrogen (secondary N) is 1. The quantitative estimate of drug-likeness (QED) is 0.418. The molecule has 0 bridgehead atoms. The van der Waals surface area contributed by atoms with Crippen molar-refractivity contribution in [2.24, 2.45) is 10.8 Å². The smallest absolute Gasteiger partial charge is 0.332 e. The van der Waals surface area contributed by atoms with E-state index in [1.54, 1.807) is 18.2 Å². The normalized spacial score (nSPS) is 10.7. The average molecular weight is 376 g/mol. The van der Waals surface area contributed by atoms with Crippen LogP contribution in [0.3, 0.4) is 0 Å². The van der Waals surface area contributed by atoms with Crippen LogP contribution in [0.1, 0.15) is 23.1 Å². The molecule has 0 radical (unpaired) electrons. The molecule has 0 aromatic heterocycles. The number of nitrogens with two attached hydrogens (primary N) is 1. The van der Waals surface area contributed by atoms with Crippen LogP contribution < -0.4 is 20.6 Å². The van der Waals surface area contributed by atoms with E-state index in [4.69, 9.17) is 26.8 Å². The molecular formula is C19H22ClN3O3. The number of carbonyl (C=O) groups is 1. The van der Waals surface area contributed by atoms with Gasteiger partial charge in [-0.25, -0.2) is 10.2 Å². The van der Waals surface area contributed by atoms with Gasteiger partial charge in [0.15, 0.2) is 0 Å². The van der Waals surface area contributed by atoms with Crippen molar-refractivity contribution in [3.63, 3.8) is 0 Å². The Morgan fingerprint density at radius 2 is 1.92 bits per heavy atom. The molecule has 2 aromatic carbocycles. The highest BCUT2D eigenvalue weighted by atomic mass is 35.5. The maximum Gasteiger partial charge on any atom is 0.332 e. The fraction of sp³-hybridized carbons (Fsp3) is 0.263. The Labute approximate surface area is 157 Å². The summed E-state index contributed by atoms with van der Waals surface area (Å²) < 4.78 is 11.5. The molecule has 0 saturated carbocycles. The Kier molecular flexibility index (Phi) is 7.29. The second-order valence-electron chi connectivity index (χ2n) is 5.71. The highest BCUT2D eigenvalue weighted by molar-refractivity contribution is 6.30. The van der Waals surface area contributed by atoms with Crippen LogP contribution >= 0.6 is 11.6 Å². The highest BCUT2D eigenvalue weighted by Gasteiger charge is 2.04. The maximum atomic E-state index is 10.7. The van der Waals surface area contributed by atoms with Gasteiger partial charge in [0, 0.05) is 17.0 Å². The number of rotatable bonds is 8. The molecule has 0 heterocycles. The van der Waals surface area contributed by atoms with E-state index < -0.39 is 6.03 Å². The average Bonchev–Trinajstić information content (AvgIpc) is 2.59. The van der Waals surface area contributed by atoms with Gasteiger partial charge < -0.3 is 15.2 Å². The first-order valence-electron chi connectivity index (χ1n) is 8.16. The van der Waals surface area contributed by atoms with Gasteiger partial charge in [-0.1, -0.05) is 17.7 Å². The standard InChI is InChI=1S/C19H22ClN3O3/c1-13-4-6-17(10-14(13)2)25-8-3-9-26-18-7-5-16(20)11-15(18)12-22-23-19(21)24/h4-7,10-12H,3,8-9H2,1-2H3,(H3,21,23,24)/b22-12+. The molecule has 2 amide bonds. The first kappa shape index (κ1) is 19.6. The zero-order valence-corrected chi connectivity index (χ0v) is 15.5.